The molecule has 1 amide bonds. The first-order valence-electron chi connectivity index (χ1n) is 12.6. The van der Waals surface area contributed by atoms with E-state index in [-0.39, 0.29) is 43.2 Å². The molecule has 1 aromatic carbocycles. The maximum Gasteiger partial charge on any atom is 0.310 e. The van der Waals surface area contributed by atoms with E-state index in [9.17, 15) is 29.3 Å². The molecule has 2 fully saturated rings. The van der Waals surface area contributed by atoms with Crippen molar-refractivity contribution in [3.63, 3.8) is 0 Å². The zero-order chi connectivity index (χ0) is 28.2. The predicted octanol–water partition coefficient (Wildman–Crippen LogP) is 7.15. The van der Waals surface area contributed by atoms with Crippen LogP contribution in [0.3, 0.4) is 0 Å². The Morgan fingerprint density at radius 1 is 1.05 bits per heavy atom. The second kappa shape index (κ2) is 9.01. The molecule has 0 bridgehead atoms. The number of likely N-dealkylation sites (tertiary alicyclic amines) is 1. The average Bonchev–Trinajstić information content (AvgIpc) is 3.31. The second-order valence-corrected chi connectivity index (χ2v) is 12.7. The van der Waals surface area contributed by atoms with Gasteiger partial charge in [-0.05, 0) is 56.6 Å². The van der Waals surface area contributed by atoms with Crippen molar-refractivity contribution in [1.82, 2.24) is 19.9 Å². The van der Waals surface area contributed by atoms with Gasteiger partial charge in [0.15, 0.2) is 5.65 Å². The molecule has 0 atom stereocenters. The van der Waals surface area contributed by atoms with Crippen LogP contribution >= 0.6 is 10.2 Å². The highest BCUT2D eigenvalue weighted by molar-refractivity contribution is 8.45. The van der Waals surface area contributed by atoms with Gasteiger partial charge in [0.05, 0.1) is 23.4 Å². The fourth-order valence-corrected chi connectivity index (χ4v) is 6.27. The average molecular weight is 579 g/mol. The number of ether oxygens (including phenoxy) is 1. The number of carbonyl (C=O) groups is 1. The van der Waals surface area contributed by atoms with Gasteiger partial charge in [-0.15, -0.1) is 0 Å². The molecule has 0 radical (unpaired) electrons. The molecule has 5 rings (SSSR count). The van der Waals surface area contributed by atoms with Crippen molar-refractivity contribution in [3.05, 3.63) is 47.2 Å². The van der Waals surface area contributed by atoms with E-state index >= 15 is 4.39 Å². The van der Waals surface area contributed by atoms with Gasteiger partial charge in [0.2, 0.25) is 0 Å². The molecule has 2 aliphatic rings. The number of benzene rings is 1. The molecule has 39 heavy (non-hydrogen) atoms. The Balaban J connectivity index is 1.32. The van der Waals surface area contributed by atoms with Crippen LogP contribution in [0.15, 0.2) is 29.3 Å². The van der Waals surface area contributed by atoms with Crippen molar-refractivity contribution in [2.24, 2.45) is 0 Å². The maximum atomic E-state index is 15.0. The zero-order valence-corrected chi connectivity index (χ0v) is 21.8. The summed E-state index contributed by atoms with van der Waals surface area (Å²) in [5.74, 6) is -1.85. The van der Waals surface area contributed by atoms with Gasteiger partial charge in [-0.25, -0.2) is 14.4 Å². The van der Waals surface area contributed by atoms with E-state index in [1.165, 1.54) is 4.90 Å². The van der Waals surface area contributed by atoms with Gasteiger partial charge in [-0.1, -0.05) is 19.4 Å². The summed E-state index contributed by atoms with van der Waals surface area (Å²) in [6.45, 7) is 0.245. The SMILES string of the molecule is COC1CCC(c2nc3ncc(F)c(C4CCN(C(=O)c5ccc(S(F)(F)(F)(F)F)cc5O)CC4)c3[nH]2)CC1. The summed E-state index contributed by atoms with van der Waals surface area (Å²) >= 11 is 0. The van der Waals surface area contributed by atoms with Gasteiger partial charge in [-0.3, -0.25) is 4.79 Å². The number of aromatic amines is 1. The van der Waals surface area contributed by atoms with E-state index in [0.717, 1.165) is 37.7 Å². The number of aromatic nitrogens is 3. The maximum absolute atomic E-state index is 15.0. The highest BCUT2D eigenvalue weighted by Crippen LogP contribution is 3.02. The number of nitrogens with one attached hydrogen (secondary N) is 1. The number of carbonyl (C=O) groups excluding carboxylic acids is 1. The summed E-state index contributed by atoms with van der Waals surface area (Å²) in [4.78, 5) is 23.9. The molecule has 1 saturated carbocycles. The Labute approximate surface area is 220 Å². The number of methoxy groups -OCH3 is 1. The summed E-state index contributed by atoms with van der Waals surface area (Å²) in [5.41, 5.74) is 0.813. The molecule has 2 aromatic heterocycles. The molecule has 214 valence electrons. The Hall–Kier alpha value is -3.00. The van der Waals surface area contributed by atoms with Crippen molar-refractivity contribution in [1.29, 1.82) is 0 Å². The van der Waals surface area contributed by atoms with Crippen molar-refractivity contribution in [2.75, 3.05) is 20.2 Å². The van der Waals surface area contributed by atoms with Crippen molar-refractivity contribution < 1.29 is 38.5 Å². The molecule has 3 heterocycles. The van der Waals surface area contributed by atoms with E-state index in [0.29, 0.717) is 35.6 Å². The fourth-order valence-electron chi connectivity index (χ4n) is 5.61. The van der Waals surface area contributed by atoms with E-state index in [2.05, 4.69) is 15.0 Å². The van der Waals surface area contributed by atoms with Crippen LogP contribution in [0.5, 0.6) is 5.75 Å². The molecule has 0 spiro atoms. The number of rotatable bonds is 5. The number of H-pyrrole nitrogens is 1. The Bertz CT molecular complexity index is 1420. The van der Waals surface area contributed by atoms with Crippen LogP contribution < -0.4 is 0 Å². The summed E-state index contributed by atoms with van der Waals surface area (Å²) in [5, 5.41) is 9.97. The van der Waals surface area contributed by atoms with Crippen LogP contribution in [0.2, 0.25) is 0 Å². The van der Waals surface area contributed by atoms with Gasteiger partial charge in [0.25, 0.3) is 5.91 Å². The first-order valence-corrected chi connectivity index (χ1v) is 14.5. The van der Waals surface area contributed by atoms with Gasteiger partial charge in [0, 0.05) is 37.7 Å². The van der Waals surface area contributed by atoms with Crippen molar-refractivity contribution in [2.45, 2.75) is 61.4 Å². The number of piperidine rings is 1. The fraction of sp³-hybridized carbons (Fsp3) is 0.480. The number of hydrogen-bond donors (Lipinski definition) is 2. The lowest BCUT2D eigenvalue weighted by Crippen LogP contribution is -2.38. The van der Waals surface area contributed by atoms with Crippen LogP contribution in [0.4, 0.5) is 23.8 Å². The molecule has 1 aliphatic carbocycles. The number of pyridine rings is 1. The highest BCUT2D eigenvalue weighted by atomic mass is 32.5. The summed E-state index contributed by atoms with van der Waals surface area (Å²) in [6, 6.07) is 0.527. The summed E-state index contributed by atoms with van der Waals surface area (Å²) in [6.07, 6.45) is 5.57. The Kier molecular flexibility index (Phi) is 6.37. The highest BCUT2D eigenvalue weighted by Gasteiger charge is 2.65. The molecule has 0 unspecified atom stereocenters. The first kappa shape index (κ1) is 27.6. The third-order valence-corrected chi connectivity index (χ3v) is 8.90. The third kappa shape index (κ3) is 5.53. The van der Waals surface area contributed by atoms with E-state index < -0.39 is 38.2 Å². The van der Waals surface area contributed by atoms with Gasteiger partial charge < -0.3 is 19.7 Å². The molecule has 1 saturated heterocycles. The van der Waals surface area contributed by atoms with Gasteiger partial charge in [-0.2, -0.15) is 0 Å². The van der Waals surface area contributed by atoms with Crippen LogP contribution in [0.25, 0.3) is 11.2 Å². The van der Waals surface area contributed by atoms with Gasteiger partial charge >= 0.3 is 10.2 Å². The number of phenolic OH excluding ortho intramolecular Hbond substituents is 1. The molecule has 2 N–H and O–H groups in total. The summed E-state index contributed by atoms with van der Waals surface area (Å²) in [7, 11) is -8.31. The van der Waals surface area contributed by atoms with Crippen LogP contribution in [-0.2, 0) is 4.74 Å². The Morgan fingerprint density at radius 2 is 1.72 bits per heavy atom. The van der Waals surface area contributed by atoms with Crippen LogP contribution in [0, 0.1) is 5.82 Å². The van der Waals surface area contributed by atoms with Crippen molar-refractivity contribution >= 4 is 27.3 Å². The quantitative estimate of drug-likeness (QED) is 0.314. The number of nitrogens with zero attached hydrogens (tertiary/aromatic N) is 3. The number of halogens is 6. The molecule has 1 aliphatic heterocycles. The smallest absolute Gasteiger partial charge is 0.310 e. The number of hydrogen-bond acceptors (Lipinski definition) is 5. The molecule has 7 nitrogen and oxygen atoms in total. The zero-order valence-electron chi connectivity index (χ0n) is 21.0. The minimum absolute atomic E-state index is 0.0991. The van der Waals surface area contributed by atoms with E-state index in [4.69, 9.17) is 4.74 Å². The lowest BCUT2D eigenvalue weighted by atomic mass is 9.87. The van der Waals surface area contributed by atoms with E-state index in [1.807, 2.05) is 0 Å². The minimum atomic E-state index is -10.0. The first-order chi connectivity index (χ1) is 18.1. The predicted molar refractivity (Wildman–Crippen MR) is 133 cm³/mol. The molecule has 14 heteroatoms. The minimum Gasteiger partial charge on any atom is -0.507 e. The topological polar surface area (TPSA) is 91.3 Å². The largest absolute Gasteiger partial charge is 0.507 e. The lowest BCUT2D eigenvalue weighted by molar-refractivity contribution is 0.0652. The van der Waals surface area contributed by atoms with E-state index in [1.54, 1.807) is 7.11 Å². The monoisotopic (exact) mass is 578 g/mol. The standard InChI is InChI=1S/C25H28F6N4O3S/c1-38-16-4-2-15(3-5-16)23-33-22-21(19(26)13-32-24(22)34-23)14-8-10-35(11-9-14)25(37)18-7-6-17(12-20(18)36)39(27,28,29,30)31/h6-7,12-16,36H,2-5,8-11H2,1H3,(H,32,33,34). The number of phenols is 1. The molecule has 3 aromatic rings. The molecular weight excluding hydrogens is 550 g/mol. The Morgan fingerprint density at radius 3 is 2.31 bits per heavy atom. The summed E-state index contributed by atoms with van der Waals surface area (Å²) < 4.78 is 85.7. The third-order valence-electron chi connectivity index (χ3n) is 7.76. The van der Waals surface area contributed by atoms with Crippen molar-refractivity contribution in [3.8, 4) is 5.75 Å². The number of amides is 1. The second-order valence-electron chi connectivity index (χ2n) is 10.3. The van der Waals surface area contributed by atoms with Crippen LogP contribution in [0.1, 0.15) is 72.1 Å². The molecular formula is C25H28F6N4O3S. The normalized spacial score (nSPS) is 23.0. The van der Waals surface area contributed by atoms with Gasteiger partial charge in [0.1, 0.15) is 22.3 Å². The number of fused-ring (bicyclic) bond motifs is 1. The number of aromatic hydroxyl groups is 1. The van der Waals surface area contributed by atoms with Crippen LogP contribution in [-0.4, -0.2) is 57.2 Å². The number of imidazole rings is 1. The lowest BCUT2D eigenvalue weighted by Gasteiger charge is -2.40.